The molecule has 0 saturated heterocycles. The Balaban J connectivity index is 1.97. The highest BCUT2D eigenvalue weighted by Crippen LogP contribution is 2.49. The van der Waals surface area contributed by atoms with Crippen molar-refractivity contribution in [3.8, 4) is 0 Å². The molecule has 0 bridgehead atoms. The van der Waals surface area contributed by atoms with Gasteiger partial charge >= 0.3 is 0 Å². The normalized spacial score (nSPS) is 19.2. The molecule has 4 nitrogen and oxygen atoms in total. The summed E-state index contributed by atoms with van der Waals surface area (Å²) in [5.41, 5.74) is 4.15. The predicted octanol–water partition coefficient (Wildman–Crippen LogP) is 4.37. The first-order valence-corrected chi connectivity index (χ1v) is 8.75. The van der Waals surface area contributed by atoms with E-state index in [1.54, 1.807) is 13.1 Å². The maximum Gasteiger partial charge on any atom is 0.224 e. The van der Waals surface area contributed by atoms with Crippen LogP contribution in [-0.4, -0.2) is 17.9 Å². The number of benzene rings is 2. The summed E-state index contributed by atoms with van der Waals surface area (Å²) in [6, 6.07) is 22.4. The highest BCUT2D eigenvalue weighted by atomic mass is 16.2. The third-order valence-electron chi connectivity index (χ3n) is 5.03. The quantitative estimate of drug-likeness (QED) is 0.693. The van der Waals surface area contributed by atoms with Gasteiger partial charge in [0.05, 0.1) is 29.7 Å². The number of fused-ring (bicyclic) bond motifs is 1. The highest BCUT2D eigenvalue weighted by molar-refractivity contribution is 5.97. The fourth-order valence-corrected chi connectivity index (χ4v) is 3.91. The average molecular weight is 343 g/mol. The number of hydrogen-bond donors (Lipinski definition) is 0. The zero-order chi connectivity index (χ0) is 18.1. The van der Waals surface area contributed by atoms with Crippen molar-refractivity contribution in [2.24, 2.45) is 0 Å². The first-order valence-electron chi connectivity index (χ1n) is 8.75. The molecule has 0 spiro atoms. The second kappa shape index (κ2) is 6.64. The second-order valence-corrected chi connectivity index (χ2v) is 6.58. The molecule has 2 heterocycles. The van der Waals surface area contributed by atoms with Crippen molar-refractivity contribution in [1.82, 2.24) is 4.98 Å². The number of carbonyl (C=O) groups is 1. The number of anilines is 2. The fourth-order valence-electron chi connectivity index (χ4n) is 3.91. The van der Waals surface area contributed by atoms with Crippen LogP contribution in [0.5, 0.6) is 0 Å². The number of amides is 1. The number of hydrogen-bond acceptors (Lipinski definition) is 3. The lowest BCUT2D eigenvalue weighted by Crippen LogP contribution is -2.46. The molecule has 4 rings (SSSR count). The lowest BCUT2D eigenvalue weighted by atomic mass is 9.88. The lowest BCUT2D eigenvalue weighted by molar-refractivity contribution is -0.117. The van der Waals surface area contributed by atoms with E-state index in [0.717, 1.165) is 16.9 Å². The topological polar surface area (TPSA) is 36.4 Å². The van der Waals surface area contributed by atoms with Gasteiger partial charge in [-0.05, 0) is 17.2 Å². The Morgan fingerprint density at radius 1 is 0.846 bits per heavy atom. The van der Waals surface area contributed by atoms with Crippen LogP contribution in [0.4, 0.5) is 11.4 Å². The third kappa shape index (κ3) is 2.64. The SMILES string of the molecule is CC(=O)N1c2ccncc2N(C)[C@H](c2ccccc2)[C@@H]1c1ccccc1. The van der Waals surface area contributed by atoms with Crippen molar-refractivity contribution in [3.63, 3.8) is 0 Å². The molecule has 130 valence electrons. The molecule has 0 unspecified atom stereocenters. The van der Waals surface area contributed by atoms with Gasteiger partial charge in [0.2, 0.25) is 5.91 Å². The Bertz CT molecular complexity index is 911. The van der Waals surface area contributed by atoms with Crippen molar-refractivity contribution in [2.75, 3.05) is 16.8 Å². The van der Waals surface area contributed by atoms with Gasteiger partial charge in [-0.25, -0.2) is 0 Å². The van der Waals surface area contributed by atoms with Crippen LogP contribution in [0.25, 0.3) is 0 Å². The van der Waals surface area contributed by atoms with E-state index in [2.05, 4.69) is 41.2 Å². The maximum absolute atomic E-state index is 12.7. The van der Waals surface area contributed by atoms with E-state index in [9.17, 15) is 4.79 Å². The van der Waals surface area contributed by atoms with Crippen LogP contribution < -0.4 is 9.80 Å². The molecule has 0 saturated carbocycles. The van der Waals surface area contributed by atoms with E-state index in [-0.39, 0.29) is 18.0 Å². The molecule has 2 aromatic carbocycles. The summed E-state index contributed by atoms with van der Waals surface area (Å²) in [6.45, 7) is 1.63. The number of pyridine rings is 1. The monoisotopic (exact) mass is 343 g/mol. The molecule has 1 aromatic heterocycles. The van der Waals surface area contributed by atoms with Gasteiger partial charge in [-0.15, -0.1) is 0 Å². The Labute approximate surface area is 153 Å². The molecule has 0 fully saturated rings. The summed E-state index contributed by atoms with van der Waals surface area (Å²) < 4.78 is 0. The fraction of sp³-hybridized carbons (Fsp3) is 0.182. The Hall–Kier alpha value is -3.14. The Morgan fingerprint density at radius 3 is 2.00 bits per heavy atom. The Kier molecular flexibility index (Phi) is 4.17. The van der Waals surface area contributed by atoms with Gasteiger partial charge in [-0.3, -0.25) is 9.78 Å². The van der Waals surface area contributed by atoms with Gasteiger partial charge in [0.1, 0.15) is 0 Å². The molecule has 0 radical (unpaired) electrons. The zero-order valence-corrected chi connectivity index (χ0v) is 14.9. The number of aromatic nitrogens is 1. The summed E-state index contributed by atoms with van der Waals surface area (Å²) in [5.74, 6) is 0.0281. The van der Waals surface area contributed by atoms with Crippen LogP contribution >= 0.6 is 0 Å². The van der Waals surface area contributed by atoms with Gasteiger partial charge in [-0.2, -0.15) is 0 Å². The van der Waals surface area contributed by atoms with E-state index >= 15 is 0 Å². The third-order valence-corrected chi connectivity index (χ3v) is 5.03. The number of likely N-dealkylation sites (N-methyl/N-ethyl adjacent to an activating group) is 1. The van der Waals surface area contributed by atoms with Crippen molar-refractivity contribution in [2.45, 2.75) is 19.0 Å². The molecular weight excluding hydrogens is 322 g/mol. The van der Waals surface area contributed by atoms with Crippen LogP contribution in [-0.2, 0) is 4.79 Å². The molecule has 0 N–H and O–H groups in total. The number of rotatable bonds is 2. The van der Waals surface area contributed by atoms with E-state index in [0.29, 0.717) is 0 Å². The van der Waals surface area contributed by atoms with Crippen LogP contribution in [0, 0.1) is 0 Å². The van der Waals surface area contributed by atoms with Crippen molar-refractivity contribution >= 4 is 17.3 Å². The molecule has 1 aliphatic heterocycles. The molecule has 2 atom stereocenters. The molecule has 26 heavy (non-hydrogen) atoms. The highest BCUT2D eigenvalue weighted by Gasteiger charge is 2.41. The van der Waals surface area contributed by atoms with E-state index in [1.807, 2.05) is 53.6 Å². The summed E-state index contributed by atoms with van der Waals surface area (Å²) in [6.07, 6.45) is 3.58. The second-order valence-electron chi connectivity index (χ2n) is 6.58. The Morgan fingerprint density at radius 2 is 1.42 bits per heavy atom. The molecule has 3 aromatic rings. The van der Waals surface area contributed by atoms with Crippen LogP contribution in [0.15, 0.2) is 79.1 Å². The van der Waals surface area contributed by atoms with Gasteiger partial charge in [0.15, 0.2) is 0 Å². The molecule has 1 amide bonds. The molecule has 1 aliphatic rings. The minimum Gasteiger partial charge on any atom is -0.362 e. The predicted molar refractivity (Wildman–Crippen MR) is 104 cm³/mol. The van der Waals surface area contributed by atoms with Gasteiger partial charge in [0, 0.05) is 20.2 Å². The maximum atomic E-state index is 12.7. The summed E-state index contributed by atoms with van der Waals surface area (Å²) in [7, 11) is 2.07. The number of nitrogens with zero attached hydrogens (tertiary/aromatic N) is 3. The first kappa shape index (κ1) is 16.3. The smallest absolute Gasteiger partial charge is 0.224 e. The first-order chi connectivity index (χ1) is 12.7. The van der Waals surface area contributed by atoms with E-state index < -0.39 is 0 Å². The van der Waals surface area contributed by atoms with Gasteiger partial charge < -0.3 is 9.80 Å². The largest absolute Gasteiger partial charge is 0.362 e. The van der Waals surface area contributed by atoms with Crippen LogP contribution in [0.1, 0.15) is 30.1 Å². The minimum atomic E-state index is -0.115. The van der Waals surface area contributed by atoms with E-state index in [4.69, 9.17) is 0 Å². The molecule has 0 aliphatic carbocycles. The van der Waals surface area contributed by atoms with Crippen molar-refractivity contribution in [1.29, 1.82) is 0 Å². The van der Waals surface area contributed by atoms with Crippen molar-refractivity contribution in [3.05, 3.63) is 90.3 Å². The standard InChI is InChI=1S/C22H21N3O/c1-16(26)25-19-13-14-23-15-20(19)24(2)21(17-9-5-3-6-10-17)22(25)18-11-7-4-8-12-18/h3-15,21-22H,1-2H3/t21-,22+/m1/s1. The molecular formula is C22H21N3O. The lowest BCUT2D eigenvalue weighted by Gasteiger charge is -2.48. The molecule has 4 heteroatoms. The summed E-state index contributed by atoms with van der Waals surface area (Å²) in [5, 5.41) is 0. The zero-order valence-electron chi connectivity index (χ0n) is 14.9. The summed E-state index contributed by atoms with van der Waals surface area (Å²) in [4.78, 5) is 21.1. The van der Waals surface area contributed by atoms with Gasteiger partial charge in [-0.1, -0.05) is 60.7 Å². The minimum absolute atomic E-state index is 0.000741. The van der Waals surface area contributed by atoms with Crippen molar-refractivity contribution < 1.29 is 4.79 Å². The average Bonchev–Trinajstić information content (AvgIpc) is 2.69. The number of carbonyl (C=O) groups excluding carboxylic acids is 1. The van der Waals surface area contributed by atoms with E-state index in [1.165, 1.54) is 5.56 Å². The summed E-state index contributed by atoms with van der Waals surface area (Å²) >= 11 is 0. The van der Waals surface area contributed by atoms with Gasteiger partial charge in [0.25, 0.3) is 0 Å². The van der Waals surface area contributed by atoms with Crippen LogP contribution in [0.3, 0.4) is 0 Å². The van der Waals surface area contributed by atoms with Crippen LogP contribution in [0.2, 0.25) is 0 Å².